The van der Waals surface area contributed by atoms with E-state index in [0.29, 0.717) is 12.5 Å². The smallest absolute Gasteiger partial charge is 0.191 e. The minimum absolute atomic E-state index is 0.477. The average Bonchev–Trinajstić information content (AvgIpc) is 3.31. The van der Waals surface area contributed by atoms with Crippen LogP contribution in [-0.4, -0.2) is 29.5 Å². The quantitative estimate of drug-likeness (QED) is 0.423. The lowest BCUT2D eigenvalue weighted by atomic mass is 10.1. The van der Waals surface area contributed by atoms with E-state index in [1.165, 1.54) is 27.0 Å². The van der Waals surface area contributed by atoms with Crippen LogP contribution in [0.25, 0.3) is 10.9 Å². The molecule has 0 unspecified atom stereocenters. The van der Waals surface area contributed by atoms with Crippen LogP contribution in [0.15, 0.2) is 34.8 Å². The molecule has 0 aliphatic heterocycles. The van der Waals surface area contributed by atoms with Crippen molar-refractivity contribution in [2.24, 2.45) is 4.99 Å². The predicted molar refractivity (Wildman–Crippen MR) is 116 cm³/mol. The number of aromatic nitrogens is 2. The maximum absolute atomic E-state index is 4.66. The van der Waals surface area contributed by atoms with Crippen molar-refractivity contribution in [2.75, 3.05) is 13.6 Å². The number of aromatic amines is 1. The minimum Gasteiger partial charge on any atom is -0.361 e. The van der Waals surface area contributed by atoms with Gasteiger partial charge in [0, 0.05) is 42.0 Å². The van der Waals surface area contributed by atoms with Gasteiger partial charge in [-0.15, -0.1) is 11.3 Å². The molecule has 6 heteroatoms. The van der Waals surface area contributed by atoms with Gasteiger partial charge in [0.25, 0.3) is 0 Å². The van der Waals surface area contributed by atoms with Crippen molar-refractivity contribution in [3.05, 3.63) is 51.6 Å². The number of aliphatic imine (C=N–C) groups is 1. The number of thiazole rings is 1. The molecular weight excluding hydrogens is 354 g/mol. The number of fused-ring (bicyclic) bond motifs is 1. The van der Waals surface area contributed by atoms with Gasteiger partial charge in [0.2, 0.25) is 0 Å². The number of hydrogen-bond acceptors (Lipinski definition) is 3. The van der Waals surface area contributed by atoms with Gasteiger partial charge in [0.1, 0.15) is 0 Å². The van der Waals surface area contributed by atoms with Gasteiger partial charge >= 0.3 is 0 Å². The molecule has 0 radical (unpaired) electrons. The molecule has 2 aromatic heterocycles. The Balaban J connectivity index is 1.53. The summed E-state index contributed by atoms with van der Waals surface area (Å²) in [6.45, 7) is 8.06. The number of nitrogens with one attached hydrogen (secondary N) is 3. The van der Waals surface area contributed by atoms with Crippen molar-refractivity contribution in [1.29, 1.82) is 0 Å². The summed E-state index contributed by atoms with van der Waals surface area (Å²) in [4.78, 5) is 12.4. The van der Waals surface area contributed by atoms with Crippen LogP contribution in [-0.2, 0) is 19.4 Å². The summed E-state index contributed by atoms with van der Waals surface area (Å²) in [5, 5.41) is 11.4. The molecule has 3 N–H and O–H groups in total. The summed E-state index contributed by atoms with van der Waals surface area (Å²) in [5.74, 6) is 1.29. The summed E-state index contributed by atoms with van der Waals surface area (Å²) in [5.41, 5.74) is 5.04. The zero-order chi connectivity index (χ0) is 19.2. The van der Waals surface area contributed by atoms with Gasteiger partial charge in [0.05, 0.1) is 17.2 Å². The van der Waals surface area contributed by atoms with Crippen molar-refractivity contribution in [3.8, 4) is 0 Å². The Morgan fingerprint density at radius 2 is 2.11 bits per heavy atom. The van der Waals surface area contributed by atoms with E-state index in [2.05, 4.69) is 76.1 Å². The van der Waals surface area contributed by atoms with Gasteiger partial charge in [-0.1, -0.05) is 39.0 Å². The van der Waals surface area contributed by atoms with Crippen molar-refractivity contribution >= 4 is 28.2 Å². The number of nitrogens with zero attached hydrogens (tertiary/aromatic N) is 2. The molecule has 2 heterocycles. The highest BCUT2D eigenvalue weighted by Gasteiger charge is 2.08. The lowest BCUT2D eigenvalue weighted by molar-refractivity contribution is 0.777. The van der Waals surface area contributed by atoms with Gasteiger partial charge < -0.3 is 15.6 Å². The van der Waals surface area contributed by atoms with Crippen LogP contribution < -0.4 is 10.6 Å². The number of hydrogen-bond donors (Lipinski definition) is 3. The van der Waals surface area contributed by atoms with Crippen LogP contribution >= 0.6 is 11.3 Å². The van der Waals surface area contributed by atoms with E-state index in [9.17, 15) is 0 Å². The first-order valence-electron chi connectivity index (χ1n) is 9.59. The first-order valence-corrected chi connectivity index (χ1v) is 10.5. The summed E-state index contributed by atoms with van der Waals surface area (Å²) >= 11 is 1.72. The number of rotatable bonds is 7. The second-order valence-corrected chi connectivity index (χ2v) is 7.83. The second-order valence-electron chi connectivity index (χ2n) is 6.94. The molecule has 0 fully saturated rings. The molecule has 144 valence electrons. The predicted octanol–water partition coefficient (Wildman–Crippen LogP) is 4.22. The Kier molecular flexibility index (Phi) is 6.50. The van der Waals surface area contributed by atoms with Gasteiger partial charge in [-0.3, -0.25) is 4.99 Å². The molecule has 3 aromatic rings. The Morgan fingerprint density at radius 3 is 2.81 bits per heavy atom. The first-order chi connectivity index (χ1) is 13.1. The maximum atomic E-state index is 4.66. The molecule has 0 aliphatic rings. The van der Waals surface area contributed by atoms with E-state index >= 15 is 0 Å². The van der Waals surface area contributed by atoms with E-state index in [1.807, 2.05) is 0 Å². The number of aryl methyl sites for hydroxylation is 1. The molecule has 27 heavy (non-hydrogen) atoms. The fourth-order valence-electron chi connectivity index (χ4n) is 3.16. The van der Waals surface area contributed by atoms with Gasteiger partial charge in [0.15, 0.2) is 5.96 Å². The van der Waals surface area contributed by atoms with Gasteiger partial charge in [-0.05, 0) is 24.0 Å². The highest BCUT2D eigenvalue weighted by molar-refractivity contribution is 7.09. The molecule has 3 rings (SSSR count). The lowest BCUT2D eigenvalue weighted by Gasteiger charge is -2.11. The zero-order valence-corrected chi connectivity index (χ0v) is 17.4. The van der Waals surface area contributed by atoms with E-state index in [4.69, 9.17) is 0 Å². The largest absolute Gasteiger partial charge is 0.361 e. The molecule has 0 saturated carbocycles. The third-order valence-corrected chi connectivity index (χ3v) is 5.87. The van der Waals surface area contributed by atoms with Crippen molar-refractivity contribution in [3.63, 3.8) is 0 Å². The van der Waals surface area contributed by atoms with Crippen molar-refractivity contribution in [1.82, 2.24) is 20.6 Å². The summed E-state index contributed by atoms with van der Waals surface area (Å²) in [6.07, 6.45) is 4.12. The fourth-order valence-corrected chi connectivity index (χ4v) is 3.99. The molecule has 0 aliphatic carbocycles. The van der Waals surface area contributed by atoms with E-state index < -0.39 is 0 Å². The second kappa shape index (κ2) is 9.04. The van der Waals surface area contributed by atoms with Crippen LogP contribution in [0.3, 0.4) is 0 Å². The minimum atomic E-state index is 0.477. The molecule has 0 atom stereocenters. The van der Waals surface area contributed by atoms with Crippen LogP contribution in [0.5, 0.6) is 0 Å². The van der Waals surface area contributed by atoms with Crippen LogP contribution in [0.4, 0.5) is 0 Å². The summed E-state index contributed by atoms with van der Waals surface area (Å²) in [6, 6.07) is 6.53. The van der Waals surface area contributed by atoms with E-state index in [1.54, 1.807) is 18.4 Å². The molecule has 0 bridgehead atoms. The monoisotopic (exact) mass is 383 g/mol. The van der Waals surface area contributed by atoms with Gasteiger partial charge in [-0.25, -0.2) is 4.98 Å². The Labute approximate surface area is 165 Å². The normalized spacial score (nSPS) is 12.1. The SMILES string of the molecule is CCc1cccc2c(CCNC(=NC)NCc3csc(C(C)C)n3)c[nH]c12. The van der Waals surface area contributed by atoms with Gasteiger partial charge in [-0.2, -0.15) is 0 Å². The Hall–Kier alpha value is -2.34. The van der Waals surface area contributed by atoms with Crippen LogP contribution in [0.1, 0.15) is 48.5 Å². The molecule has 0 spiro atoms. The van der Waals surface area contributed by atoms with Crippen molar-refractivity contribution < 1.29 is 0 Å². The highest BCUT2D eigenvalue weighted by Crippen LogP contribution is 2.22. The third-order valence-electron chi connectivity index (χ3n) is 4.68. The number of para-hydroxylation sites is 1. The third kappa shape index (κ3) is 4.69. The lowest BCUT2D eigenvalue weighted by Crippen LogP contribution is -2.37. The topological polar surface area (TPSA) is 65.1 Å². The molecule has 0 amide bonds. The van der Waals surface area contributed by atoms with Crippen LogP contribution in [0.2, 0.25) is 0 Å². The summed E-state index contributed by atoms with van der Waals surface area (Å²) < 4.78 is 0. The Morgan fingerprint density at radius 1 is 1.26 bits per heavy atom. The highest BCUT2D eigenvalue weighted by atomic mass is 32.1. The molecule has 1 aromatic carbocycles. The van der Waals surface area contributed by atoms with E-state index in [-0.39, 0.29) is 0 Å². The first kappa shape index (κ1) is 19.4. The van der Waals surface area contributed by atoms with Crippen LogP contribution in [0, 0.1) is 0 Å². The summed E-state index contributed by atoms with van der Waals surface area (Å²) in [7, 11) is 1.80. The number of guanidine groups is 1. The van der Waals surface area contributed by atoms with Crippen molar-refractivity contribution in [2.45, 2.75) is 46.1 Å². The standard InChI is InChI=1S/C21H29N5S/c1-5-15-7-6-8-18-16(11-24-19(15)18)9-10-23-21(22-4)25-12-17-13-27-20(26-17)14(2)3/h6-8,11,13-14,24H,5,9-10,12H2,1-4H3,(H2,22,23,25). The fraction of sp³-hybridized carbons (Fsp3) is 0.429. The zero-order valence-electron chi connectivity index (χ0n) is 16.6. The molecule has 0 saturated heterocycles. The van der Waals surface area contributed by atoms with E-state index in [0.717, 1.165) is 31.0 Å². The Bertz CT molecular complexity index is 906. The molecular formula is C21H29N5S. The maximum Gasteiger partial charge on any atom is 0.191 e. The number of benzene rings is 1. The number of H-pyrrole nitrogens is 1. The average molecular weight is 384 g/mol. The molecule has 5 nitrogen and oxygen atoms in total.